The Hall–Kier alpha value is -0.350. The molecule has 0 aromatic carbocycles. The lowest BCUT2D eigenvalue weighted by Crippen LogP contribution is -2.36. The first-order chi connectivity index (χ1) is 11.2. The predicted molar refractivity (Wildman–Crippen MR) is 107 cm³/mol. The molecule has 0 N–H and O–H groups in total. The average Bonchev–Trinajstić information content (AvgIpc) is 2.47. The first-order valence-electron chi connectivity index (χ1n) is 9.90. The molecule has 0 atom stereocenters. The van der Waals surface area contributed by atoms with Crippen LogP contribution in [0.4, 0.5) is 0 Å². The van der Waals surface area contributed by atoms with Crippen LogP contribution < -0.4 is 0 Å². The Morgan fingerprint density at radius 1 is 0.792 bits per heavy atom. The van der Waals surface area contributed by atoms with Crippen LogP contribution in [-0.4, -0.2) is 46.3 Å². The van der Waals surface area contributed by atoms with Gasteiger partial charge in [0.25, 0.3) is 0 Å². The minimum atomic E-state index is -3.10. The van der Waals surface area contributed by atoms with Gasteiger partial charge >= 0.3 is 0 Å². The van der Waals surface area contributed by atoms with Gasteiger partial charge < -0.3 is 4.48 Å². The fourth-order valence-electron chi connectivity index (χ4n) is 2.84. The van der Waals surface area contributed by atoms with Crippen molar-refractivity contribution in [2.24, 2.45) is 0 Å². The second-order valence-corrected chi connectivity index (χ2v) is 10.4. The molecule has 0 aromatic heterocycles. The van der Waals surface area contributed by atoms with Crippen LogP contribution in [0.3, 0.4) is 0 Å². The summed E-state index contributed by atoms with van der Waals surface area (Å²) in [6.07, 6.45) is 14.1. The Labute approximate surface area is 152 Å². The van der Waals surface area contributed by atoms with E-state index in [1.807, 2.05) is 0 Å². The van der Waals surface area contributed by atoms with Crippen molar-refractivity contribution in [2.75, 3.05) is 33.4 Å². The van der Waals surface area contributed by atoms with Gasteiger partial charge in [0.15, 0.2) is 9.84 Å². The Kier molecular flexibility index (Phi) is 12.7. The molecule has 0 saturated carbocycles. The van der Waals surface area contributed by atoms with E-state index in [4.69, 9.17) is 0 Å². The second kappa shape index (κ2) is 12.9. The topological polar surface area (TPSA) is 34.1 Å². The molecule has 4 heteroatoms. The van der Waals surface area contributed by atoms with Crippen molar-refractivity contribution < 1.29 is 12.9 Å². The van der Waals surface area contributed by atoms with Crippen LogP contribution in [0.5, 0.6) is 0 Å². The summed E-state index contributed by atoms with van der Waals surface area (Å²) in [4.78, 5) is 0.448. The number of unbranched alkanes of at least 4 members (excludes halogenated alkanes) is 9. The van der Waals surface area contributed by atoms with Gasteiger partial charge in [-0.05, 0) is 12.8 Å². The predicted octanol–water partition coefficient (Wildman–Crippen LogP) is 5.32. The van der Waals surface area contributed by atoms with Gasteiger partial charge in [-0.25, -0.2) is 8.42 Å². The second-order valence-electron chi connectivity index (χ2n) is 8.16. The number of nitrogens with zero attached hydrogens (tertiary/aromatic N) is 1. The molecule has 0 fully saturated rings. The van der Waals surface area contributed by atoms with E-state index in [2.05, 4.69) is 34.6 Å². The molecule has 0 bridgehead atoms. The maximum atomic E-state index is 12.2. The molecule has 144 valence electrons. The normalized spacial score (nSPS) is 12.5. The highest BCUT2D eigenvalue weighted by molar-refractivity contribution is 7.95. The van der Waals surface area contributed by atoms with E-state index in [0.29, 0.717) is 17.7 Å². The Morgan fingerprint density at radius 3 is 1.71 bits per heavy atom. The van der Waals surface area contributed by atoms with Gasteiger partial charge in [0.1, 0.15) is 0 Å². The summed E-state index contributed by atoms with van der Waals surface area (Å²) in [6, 6.07) is 0. The van der Waals surface area contributed by atoms with E-state index in [1.54, 1.807) is 0 Å². The maximum Gasteiger partial charge on any atom is 0.174 e. The van der Waals surface area contributed by atoms with Crippen molar-refractivity contribution >= 4 is 9.84 Å². The quantitative estimate of drug-likeness (QED) is 0.276. The number of rotatable bonds is 16. The van der Waals surface area contributed by atoms with E-state index in [9.17, 15) is 8.42 Å². The minimum absolute atomic E-state index is 0.249. The molecule has 0 aliphatic rings. The molecule has 0 spiro atoms. The summed E-state index contributed by atoms with van der Waals surface area (Å²) in [5.74, 6) is 0.249. The highest BCUT2D eigenvalue weighted by atomic mass is 32.2. The molecular formula is C20H42NO2S+. The molecule has 0 radical (unpaired) electrons. The van der Waals surface area contributed by atoms with Gasteiger partial charge in [-0.3, -0.25) is 0 Å². The largest absolute Gasteiger partial charge is 0.331 e. The van der Waals surface area contributed by atoms with E-state index in [-0.39, 0.29) is 5.75 Å². The van der Waals surface area contributed by atoms with Crippen LogP contribution in [0.2, 0.25) is 0 Å². The number of hydrogen-bond acceptors (Lipinski definition) is 2. The monoisotopic (exact) mass is 360 g/mol. The number of allylic oxidation sites excluding steroid dienone is 1. The minimum Gasteiger partial charge on any atom is -0.331 e. The van der Waals surface area contributed by atoms with Gasteiger partial charge in [-0.15, -0.1) is 0 Å². The maximum absolute atomic E-state index is 12.2. The summed E-state index contributed by atoms with van der Waals surface area (Å²) in [5, 5.41) is 0. The van der Waals surface area contributed by atoms with Gasteiger partial charge in [-0.2, -0.15) is 0 Å². The molecule has 0 heterocycles. The van der Waals surface area contributed by atoms with Crippen LogP contribution in [0.15, 0.2) is 11.5 Å². The third-order valence-corrected chi connectivity index (χ3v) is 6.40. The van der Waals surface area contributed by atoms with Gasteiger partial charge in [0.05, 0.1) is 33.4 Å². The third kappa shape index (κ3) is 14.0. The van der Waals surface area contributed by atoms with Crippen molar-refractivity contribution in [1.82, 2.24) is 0 Å². The number of sulfone groups is 1. The Morgan fingerprint density at radius 2 is 1.25 bits per heavy atom. The standard InChI is InChI=1S/C20H42NO2S/c1-6-7-8-9-10-11-12-13-14-15-17-20(2)24(22,23)19-16-18-21(3,4)5/h2,6-19H2,1,3-5H3/q+1. The summed E-state index contributed by atoms with van der Waals surface area (Å²) in [7, 11) is 3.17. The lowest BCUT2D eigenvalue weighted by Gasteiger charge is -2.23. The molecule has 0 saturated heterocycles. The molecule has 0 aliphatic heterocycles. The number of quaternary nitrogens is 1. The van der Waals surface area contributed by atoms with E-state index >= 15 is 0 Å². The Balaban J connectivity index is 3.66. The number of hydrogen-bond donors (Lipinski definition) is 0. The van der Waals surface area contributed by atoms with Crippen LogP contribution in [0.1, 0.15) is 84.0 Å². The Bertz CT molecular complexity index is 421. The molecule has 24 heavy (non-hydrogen) atoms. The zero-order valence-corrected chi connectivity index (χ0v) is 17.6. The van der Waals surface area contributed by atoms with Crippen molar-refractivity contribution in [1.29, 1.82) is 0 Å². The van der Waals surface area contributed by atoms with Crippen molar-refractivity contribution in [3.63, 3.8) is 0 Å². The lowest BCUT2D eigenvalue weighted by molar-refractivity contribution is -0.870. The summed E-state index contributed by atoms with van der Waals surface area (Å²) in [6.45, 7) is 6.95. The molecule has 0 aromatic rings. The highest BCUT2D eigenvalue weighted by Crippen LogP contribution is 2.17. The van der Waals surface area contributed by atoms with Crippen LogP contribution >= 0.6 is 0 Å². The zero-order valence-electron chi connectivity index (χ0n) is 16.8. The zero-order chi connectivity index (χ0) is 18.5. The fraction of sp³-hybridized carbons (Fsp3) is 0.900. The van der Waals surface area contributed by atoms with E-state index < -0.39 is 9.84 Å². The van der Waals surface area contributed by atoms with Crippen molar-refractivity contribution in [3.8, 4) is 0 Å². The molecule has 0 amide bonds. The molecule has 3 nitrogen and oxygen atoms in total. The summed E-state index contributed by atoms with van der Waals surface area (Å²) >= 11 is 0. The van der Waals surface area contributed by atoms with Gasteiger partial charge in [-0.1, -0.05) is 71.3 Å². The highest BCUT2D eigenvalue weighted by Gasteiger charge is 2.17. The smallest absolute Gasteiger partial charge is 0.174 e. The summed E-state index contributed by atoms with van der Waals surface area (Å²) < 4.78 is 25.2. The first-order valence-corrected chi connectivity index (χ1v) is 11.6. The molecule has 0 rings (SSSR count). The molecular weight excluding hydrogens is 318 g/mol. The SMILES string of the molecule is C=C(CCCCCCCCCCCC)S(=O)(=O)CCC[N+](C)(C)C. The third-order valence-electron chi connectivity index (χ3n) is 4.49. The summed E-state index contributed by atoms with van der Waals surface area (Å²) in [5.41, 5.74) is 0. The van der Waals surface area contributed by atoms with Crippen LogP contribution in [-0.2, 0) is 9.84 Å². The molecule has 0 unspecified atom stereocenters. The van der Waals surface area contributed by atoms with Gasteiger partial charge in [0.2, 0.25) is 0 Å². The van der Waals surface area contributed by atoms with Crippen LogP contribution in [0, 0.1) is 0 Å². The van der Waals surface area contributed by atoms with Crippen LogP contribution in [0.25, 0.3) is 0 Å². The van der Waals surface area contributed by atoms with Crippen molar-refractivity contribution in [3.05, 3.63) is 11.5 Å². The van der Waals surface area contributed by atoms with E-state index in [1.165, 1.54) is 51.4 Å². The molecule has 0 aliphatic carbocycles. The lowest BCUT2D eigenvalue weighted by atomic mass is 10.1. The van der Waals surface area contributed by atoms with Gasteiger partial charge in [0, 0.05) is 11.3 Å². The fourth-order valence-corrected chi connectivity index (χ4v) is 4.09. The first kappa shape index (κ1) is 23.6. The average molecular weight is 361 g/mol. The van der Waals surface area contributed by atoms with E-state index in [0.717, 1.165) is 23.9 Å². The van der Waals surface area contributed by atoms with Crippen molar-refractivity contribution in [2.45, 2.75) is 84.0 Å².